The van der Waals surface area contributed by atoms with Crippen LogP contribution in [0.25, 0.3) is 23.0 Å². The molecule has 0 aromatic carbocycles. The number of aromatic nitrogens is 5. The molecule has 20 heavy (non-hydrogen) atoms. The Morgan fingerprint density at radius 2 is 2.15 bits per heavy atom. The second-order valence-electron chi connectivity index (χ2n) is 5.01. The minimum Gasteiger partial charge on any atom is -0.444 e. The summed E-state index contributed by atoms with van der Waals surface area (Å²) in [5, 5.41) is 12.2. The van der Waals surface area contributed by atoms with Crippen LogP contribution < -0.4 is 0 Å². The molecule has 1 fully saturated rings. The predicted octanol–water partition coefficient (Wildman–Crippen LogP) is 2.39. The molecule has 0 unspecified atom stereocenters. The Kier molecular flexibility index (Phi) is 2.45. The first kappa shape index (κ1) is 11.4. The molecule has 3 aromatic rings. The Balaban J connectivity index is 1.62. The lowest BCUT2D eigenvalue weighted by Gasteiger charge is -2.20. The summed E-state index contributed by atoms with van der Waals surface area (Å²) < 4.78 is 12.8. The van der Waals surface area contributed by atoms with Crippen LogP contribution in [0.4, 0.5) is 0 Å². The van der Waals surface area contributed by atoms with Gasteiger partial charge in [-0.05, 0) is 12.8 Å². The van der Waals surface area contributed by atoms with Crippen molar-refractivity contribution in [2.24, 2.45) is 7.05 Å². The van der Waals surface area contributed by atoms with Gasteiger partial charge in [0.1, 0.15) is 6.26 Å². The average molecular weight is 271 g/mol. The van der Waals surface area contributed by atoms with Crippen molar-refractivity contribution in [2.45, 2.75) is 25.2 Å². The van der Waals surface area contributed by atoms with E-state index in [0.717, 1.165) is 18.4 Å². The van der Waals surface area contributed by atoms with Gasteiger partial charge in [0.25, 0.3) is 5.89 Å². The van der Waals surface area contributed by atoms with E-state index in [0.29, 0.717) is 29.3 Å². The Morgan fingerprint density at radius 1 is 1.25 bits per heavy atom. The molecule has 0 spiro atoms. The zero-order valence-electron chi connectivity index (χ0n) is 11.0. The number of oxazole rings is 1. The fraction of sp³-hybridized carbons (Fsp3) is 0.385. The monoisotopic (exact) mass is 271 g/mol. The maximum Gasteiger partial charge on any atom is 0.269 e. The number of rotatable bonds is 3. The molecule has 0 radical (unpaired) electrons. The van der Waals surface area contributed by atoms with Gasteiger partial charge < -0.3 is 8.83 Å². The topological polar surface area (TPSA) is 82.8 Å². The van der Waals surface area contributed by atoms with Gasteiger partial charge >= 0.3 is 0 Å². The molecule has 1 aliphatic carbocycles. The molecular weight excluding hydrogens is 258 g/mol. The molecule has 0 atom stereocenters. The maximum atomic E-state index is 5.66. The van der Waals surface area contributed by atoms with E-state index in [9.17, 15) is 0 Å². The Morgan fingerprint density at radius 3 is 2.85 bits per heavy atom. The SMILES string of the molecule is Cn1cc(-c2nc(-c3nnc(C4CCC4)o3)co2)cn1. The van der Waals surface area contributed by atoms with E-state index >= 15 is 0 Å². The lowest BCUT2D eigenvalue weighted by atomic mass is 9.85. The van der Waals surface area contributed by atoms with Crippen molar-refractivity contribution in [3.8, 4) is 23.0 Å². The van der Waals surface area contributed by atoms with Crippen LogP contribution in [0, 0.1) is 0 Å². The molecule has 1 saturated carbocycles. The summed E-state index contributed by atoms with van der Waals surface area (Å²) in [6.07, 6.45) is 8.55. The highest BCUT2D eigenvalue weighted by molar-refractivity contribution is 5.55. The largest absolute Gasteiger partial charge is 0.444 e. The summed E-state index contributed by atoms with van der Waals surface area (Å²) in [6.45, 7) is 0. The molecule has 102 valence electrons. The quantitative estimate of drug-likeness (QED) is 0.727. The van der Waals surface area contributed by atoms with Crippen LogP contribution >= 0.6 is 0 Å². The summed E-state index contributed by atoms with van der Waals surface area (Å²) in [6, 6.07) is 0. The van der Waals surface area contributed by atoms with Crippen LogP contribution in [-0.2, 0) is 7.05 Å². The summed E-state index contributed by atoms with van der Waals surface area (Å²) in [5.74, 6) is 2.03. The Labute approximate surface area is 114 Å². The molecule has 0 aliphatic heterocycles. The van der Waals surface area contributed by atoms with Crippen LogP contribution in [0.15, 0.2) is 27.5 Å². The van der Waals surface area contributed by atoms with E-state index in [1.54, 1.807) is 10.9 Å². The highest BCUT2D eigenvalue weighted by Gasteiger charge is 2.26. The zero-order valence-corrected chi connectivity index (χ0v) is 11.0. The van der Waals surface area contributed by atoms with Crippen LogP contribution in [0.1, 0.15) is 31.1 Å². The van der Waals surface area contributed by atoms with Crippen LogP contribution in [0.2, 0.25) is 0 Å². The number of aryl methyl sites for hydroxylation is 1. The van der Waals surface area contributed by atoms with Gasteiger partial charge in [0, 0.05) is 19.2 Å². The van der Waals surface area contributed by atoms with Crippen molar-refractivity contribution in [1.82, 2.24) is 25.0 Å². The second kappa shape index (κ2) is 4.29. The first-order chi connectivity index (χ1) is 9.79. The minimum atomic E-state index is 0.408. The van der Waals surface area contributed by atoms with Crippen molar-refractivity contribution in [3.63, 3.8) is 0 Å². The van der Waals surface area contributed by atoms with Crippen molar-refractivity contribution in [3.05, 3.63) is 24.5 Å². The van der Waals surface area contributed by atoms with Crippen LogP contribution in [0.3, 0.4) is 0 Å². The Bertz CT molecular complexity index is 737. The lowest BCUT2D eigenvalue weighted by Crippen LogP contribution is -2.08. The average Bonchev–Trinajstić information content (AvgIpc) is 3.04. The first-order valence-electron chi connectivity index (χ1n) is 6.58. The third-order valence-corrected chi connectivity index (χ3v) is 3.57. The molecule has 4 rings (SSSR count). The van der Waals surface area contributed by atoms with Gasteiger partial charge in [0.15, 0.2) is 5.69 Å². The maximum absolute atomic E-state index is 5.66. The second-order valence-corrected chi connectivity index (χ2v) is 5.01. The predicted molar refractivity (Wildman–Crippen MR) is 68.6 cm³/mol. The molecule has 0 bridgehead atoms. The number of hydrogen-bond acceptors (Lipinski definition) is 6. The highest BCUT2D eigenvalue weighted by atomic mass is 16.4. The smallest absolute Gasteiger partial charge is 0.269 e. The van der Waals surface area contributed by atoms with E-state index < -0.39 is 0 Å². The number of hydrogen-bond donors (Lipinski definition) is 0. The summed E-state index contributed by atoms with van der Waals surface area (Å²) in [4.78, 5) is 4.36. The standard InChI is InChI=1S/C13H13N5O2/c1-18-6-9(5-14-18)11-15-10(7-19-11)13-17-16-12(20-13)8-3-2-4-8/h5-8H,2-4H2,1H3. The molecule has 0 N–H and O–H groups in total. The molecule has 7 nitrogen and oxygen atoms in total. The van der Waals surface area contributed by atoms with Gasteiger partial charge in [-0.3, -0.25) is 4.68 Å². The Hall–Kier alpha value is -2.44. The summed E-state index contributed by atoms with van der Waals surface area (Å²) in [7, 11) is 1.84. The third-order valence-electron chi connectivity index (χ3n) is 3.57. The highest BCUT2D eigenvalue weighted by Crippen LogP contribution is 2.36. The van der Waals surface area contributed by atoms with Crippen molar-refractivity contribution >= 4 is 0 Å². The van der Waals surface area contributed by atoms with Gasteiger partial charge in [0.05, 0.1) is 11.8 Å². The molecular formula is C13H13N5O2. The molecule has 0 amide bonds. The van der Waals surface area contributed by atoms with E-state index in [4.69, 9.17) is 8.83 Å². The molecule has 7 heteroatoms. The van der Waals surface area contributed by atoms with E-state index in [2.05, 4.69) is 20.3 Å². The van der Waals surface area contributed by atoms with E-state index in [1.165, 1.54) is 12.7 Å². The zero-order chi connectivity index (χ0) is 13.5. The third kappa shape index (κ3) is 1.82. The summed E-state index contributed by atoms with van der Waals surface area (Å²) in [5.41, 5.74) is 1.37. The van der Waals surface area contributed by atoms with Gasteiger partial charge in [-0.2, -0.15) is 5.10 Å². The fourth-order valence-electron chi connectivity index (χ4n) is 2.19. The van der Waals surface area contributed by atoms with Gasteiger partial charge in [0.2, 0.25) is 11.8 Å². The molecule has 3 heterocycles. The van der Waals surface area contributed by atoms with Crippen molar-refractivity contribution < 1.29 is 8.83 Å². The molecule has 0 saturated heterocycles. The van der Waals surface area contributed by atoms with Gasteiger partial charge in [-0.15, -0.1) is 10.2 Å². The van der Waals surface area contributed by atoms with Gasteiger partial charge in [-0.1, -0.05) is 6.42 Å². The summed E-state index contributed by atoms with van der Waals surface area (Å²) >= 11 is 0. The molecule has 1 aliphatic rings. The minimum absolute atomic E-state index is 0.408. The van der Waals surface area contributed by atoms with Gasteiger partial charge in [-0.25, -0.2) is 4.98 Å². The number of nitrogens with zero attached hydrogens (tertiary/aromatic N) is 5. The lowest BCUT2D eigenvalue weighted by molar-refractivity contribution is 0.338. The molecule has 3 aromatic heterocycles. The van der Waals surface area contributed by atoms with Crippen molar-refractivity contribution in [2.75, 3.05) is 0 Å². The van der Waals surface area contributed by atoms with Crippen LogP contribution in [-0.4, -0.2) is 25.0 Å². The normalized spacial score (nSPS) is 15.4. The van der Waals surface area contributed by atoms with Crippen LogP contribution in [0.5, 0.6) is 0 Å². The fourth-order valence-corrected chi connectivity index (χ4v) is 2.19. The van der Waals surface area contributed by atoms with E-state index in [-0.39, 0.29) is 0 Å². The van der Waals surface area contributed by atoms with Crippen molar-refractivity contribution in [1.29, 1.82) is 0 Å². The van der Waals surface area contributed by atoms with E-state index in [1.807, 2.05) is 13.2 Å². The first-order valence-corrected chi connectivity index (χ1v) is 6.58.